The van der Waals surface area contributed by atoms with Crippen LogP contribution in [0.3, 0.4) is 0 Å². The fraction of sp³-hybridized carbons (Fsp3) is 0.133. The fourth-order valence-electron chi connectivity index (χ4n) is 9.62. The Bertz CT molecular complexity index is 3060. The van der Waals surface area contributed by atoms with Gasteiger partial charge in [-0.1, -0.05) is 168 Å². The number of anilines is 8. The second-order valence-corrected chi connectivity index (χ2v) is 17.3. The highest BCUT2D eigenvalue weighted by molar-refractivity contribution is 6.23. The van der Waals surface area contributed by atoms with Crippen LogP contribution in [0, 0.1) is 27.7 Å². The summed E-state index contributed by atoms with van der Waals surface area (Å²) in [5, 5.41) is 9.83. The summed E-state index contributed by atoms with van der Waals surface area (Å²) < 4.78 is 0. The van der Waals surface area contributed by atoms with Gasteiger partial charge in [-0.15, -0.1) is 0 Å². The van der Waals surface area contributed by atoms with Gasteiger partial charge in [0.05, 0.1) is 22.7 Å². The average Bonchev–Trinajstić information content (AvgIpc) is 3.33. The molecule has 0 heterocycles. The van der Waals surface area contributed by atoms with E-state index in [1.807, 2.05) is 0 Å². The summed E-state index contributed by atoms with van der Waals surface area (Å²) >= 11 is 0. The van der Waals surface area contributed by atoms with Gasteiger partial charge in [-0.2, -0.15) is 0 Å². The zero-order valence-corrected chi connectivity index (χ0v) is 37.7. The monoisotopic (exact) mass is 830 g/mol. The molecule has 10 rings (SSSR count). The molecule has 0 aliphatic heterocycles. The molecular weight excluding hydrogens is 777 g/mol. The lowest BCUT2D eigenvalue weighted by Gasteiger charge is -2.37. The van der Waals surface area contributed by atoms with E-state index >= 15 is 0 Å². The molecule has 0 aliphatic rings. The lowest BCUT2D eigenvalue weighted by Crippen LogP contribution is -2.32. The van der Waals surface area contributed by atoms with Crippen molar-refractivity contribution in [3.05, 3.63) is 216 Å². The first-order valence-electron chi connectivity index (χ1n) is 22.4. The lowest BCUT2D eigenvalue weighted by molar-refractivity contribution is 0.888. The van der Waals surface area contributed by atoms with Crippen LogP contribution >= 0.6 is 0 Å². The number of hydrogen-bond acceptors (Lipinski definition) is 4. The molecule has 0 bridgehead atoms. The molecule has 0 unspecified atom stereocenters. The summed E-state index contributed by atoms with van der Waals surface area (Å²) in [4.78, 5) is 9.96. The summed E-state index contributed by atoms with van der Waals surface area (Å²) in [6.07, 6.45) is 0. The molecule has 0 aromatic heterocycles. The SMILES string of the molecule is Cc1ccc(N(C)c2c(N(CCN(c3ccc(C)cc3)c3c(N(C)c4ccc(C)cc4)c4ccccc4c4ccccc34)c3ccc(C)cc3)c3ccccc3c3ccccc23)cc1. The average molecular weight is 831 g/mol. The molecule has 4 nitrogen and oxygen atoms in total. The van der Waals surface area contributed by atoms with Crippen molar-refractivity contribution in [2.24, 2.45) is 0 Å². The zero-order valence-electron chi connectivity index (χ0n) is 37.7. The first kappa shape index (κ1) is 40.5. The van der Waals surface area contributed by atoms with Gasteiger partial charge in [0.1, 0.15) is 0 Å². The largest absolute Gasteiger partial charge is 0.342 e. The third kappa shape index (κ3) is 7.35. The maximum Gasteiger partial charge on any atom is 0.0738 e. The minimum Gasteiger partial charge on any atom is -0.342 e. The highest BCUT2D eigenvalue weighted by atomic mass is 15.2. The Kier molecular flexibility index (Phi) is 10.7. The summed E-state index contributed by atoms with van der Waals surface area (Å²) in [6.45, 7) is 10.0. The summed E-state index contributed by atoms with van der Waals surface area (Å²) in [5.74, 6) is 0. The van der Waals surface area contributed by atoms with Crippen molar-refractivity contribution in [1.29, 1.82) is 0 Å². The van der Waals surface area contributed by atoms with Crippen LogP contribution in [0.1, 0.15) is 22.3 Å². The van der Waals surface area contributed by atoms with Crippen LogP contribution in [0.5, 0.6) is 0 Å². The lowest BCUT2D eigenvalue weighted by atomic mass is 9.95. The second-order valence-electron chi connectivity index (χ2n) is 17.3. The molecule has 10 aromatic carbocycles. The van der Waals surface area contributed by atoms with Gasteiger partial charge in [0.15, 0.2) is 0 Å². The van der Waals surface area contributed by atoms with Gasteiger partial charge in [0.25, 0.3) is 0 Å². The molecule has 0 amide bonds. The van der Waals surface area contributed by atoms with Crippen molar-refractivity contribution in [3.63, 3.8) is 0 Å². The van der Waals surface area contributed by atoms with Gasteiger partial charge >= 0.3 is 0 Å². The summed E-state index contributed by atoms with van der Waals surface area (Å²) in [5.41, 5.74) is 14.3. The van der Waals surface area contributed by atoms with Gasteiger partial charge in [0.2, 0.25) is 0 Å². The molecule has 0 radical (unpaired) electrons. The van der Waals surface area contributed by atoms with Gasteiger partial charge in [0, 0.05) is 71.5 Å². The maximum absolute atomic E-state index is 2.59. The van der Waals surface area contributed by atoms with E-state index in [1.54, 1.807) is 0 Å². The number of aryl methyl sites for hydroxylation is 4. The zero-order chi connectivity index (χ0) is 43.9. The normalized spacial score (nSPS) is 11.4. The first-order chi connectivity index (χ1) is 31.2. The Balaban J connectivity index is 1.24. The van der Waals surface area contributed by atoms with E-state index in [0.717, 1.165) is 22.7 Å². The third-order valence-electron chi connectivity index (χ3n) is 13.0. The number of rotatable bonds is 11. The van der Waals surface area contributed by atoms with Gasteiger partial charge < -0.3 is 19.6 Å². The van der Waals surface area contributed by atoms with Crippen molar-refractivity contribution >= 4 is 88.6 Å². The molecule has 0 fully saturated rings. The number of nitrogens with zero attached hydrogens (tertiary/aromatic N) is 4. The third-order valence-corrected chi connectivity index (χ3v) is 13.0. The van der Waals surface area contributed by atoms with E-state index < -0.39 is 0 Å². The minimum atomic E-state index is 0.683. The number of benzene rings is 10. The van der Waals surface area contributed by atoms with Crippen molar-refractivity contribution < 1.29 is 0 Å². The van der Waals surface area contributed by atoms with Gasteiger partial charge in [-0.25, -0.2) is 0 Å². The van der Waals surface area contributed by atoms with Crippen LogP contribution in [-0.4, -0.2) is 27.2 Å². The van der Waals surface area contributed by atoms with Gasteiger partial charge in [-0.3, -0.25) is 0 Å². The van der Waals surface area contributed by atoms with Crippen LogP contribution in [0.4, 0.5) is 45.5 Å². The highest BCUT2D eigenvalue weighted by Gasteiger charge is 2.28. The number of fused-ring (bicyclic) bond motifs is 6. The number of hydrogen-bond donors (Lipinski definition) is 0. The predicted octanol–water partition coefficient (Wildman–Crippen LogP) is 16.0. The highest BCUT2D eigenvalue weighted by Crippen LogP contribution is 2.50. The Hall–Kier alpha value is -7.56. The smallest absolute Gasteiger partial charge is 0.0738 e. The second kappa shape index (κ2) is 17.0. The minimum absolute atomic E-state index is 0.683. The van der Waals surface area contributed by atoms with Crippen LogP contribution in [-0.2, 0) is 0 Å². The molecule has 4 heteroatoms. The topological polar surface area (TPSA) is 13.0 Å². The molecule has 10 aromatic rings. The van der Waals surface area contributed by atoms with Crippen molar-refractivity contribution in [2.45, 2.75) is 27.7 Å². The van der Waals surface area contributed by atoms with Crippen molar-refractivity contribution in [3.8, 4) is 0 Å². The Morgan fingerprint density at radius 1 is 0.250 bits per heavy atom. The molecule has 0 saturated heterocycles. The molecule has 0 N–H and O–H groups in total. The van der Waals surface area contributed by atoms with E-state index in [0.29, 0.717) is 13.1 Å². The molecule has 0 aliphatic carbocycles. The van der Waals surface area contributed by atoms with E-state index in [4.69, 9.17) is 0 Å². The quantitative estimate of drug-likeness (QED) is 0.0951. The standard InChI is InChI=1S/C60H54N4/c1-41-23-31-45(32-24-41)61(5)57-53-19-11-7-15-49(53)51-17-9-13-21-55(51)59(57)63(47-35-27-43(3)28-36-47)39-40-64(48-37-29-44(4)30-38-48)60-56-22-14-10-18-52(56)50-16-8-12-20-54(50)58(60)62(6)46-33-25-42(2)26-34-46/h7-38H,39-40H2,1-6H3. The molecule has 314 valence electrons. The summed E-state index contributed by atoms with van der Waals surface area (Å²) in [7, 11) is 4.45. The summed E-state index contributed by atoms with van der Waals surface area (Å²) in [6, 6.07) is 71.8. The fourth-order valence-corrected chi connectivity index (χ4v) is 9.62. The first-order valence-corrected chi connectivity index (χ1v) is 22.4. The Morgan fingerprint density at radius 3 is 0.734 bits per heavy atom. The maximum atomic E-state index is 2.59. The van der Waals surface area contributed by atoms with E-state index in [2.05, 4.69) is 256 Å². The van der Waals surface area contributed by atoms with E-state index in [9.17, 15) is 0 Å². The molecule has 0 atom stereocenters. The van der Waals surface area contributed by atoms with Crippen LogP contribution in [0.25, 0.3) is 43.1 Å². The molecule has 64 heavy (non-hydrogen) atoms. The Morgan fingerprint density at radius 2 is 0.469 bits per heavy atom. The molecule has 0 spiro atoms. The van der Waals surface area contributed by atoms with Crippen molar-refractivity contribution in [2.75, 3.05) is 46.8 Å². The molecular formula is C60H54N4. The van der Waals surface area contributed by atoms with E-state index in [1.165, 1.54) is 88.1 Å². The van der Waals surface area contributed by atoms with Crippen LogP contribution in [0.2, 0.25) is 0 Å². The van der Waals surface area contributed by atoms with Crippen LogP contribution in [0.15, 0.2) is 194 Å². The molecule has 0 saturated carbocycles. The van der Waals surface area contributed by atoms with Crippen LogP contribution < -0.4 is 19.6 Å². The van der Waals surface area contributed by atoms with E-state index in [-0.39, 0.29) is 0 Å². The predicted molar refractivity (Wildman–Crippen MR) is 278 cm³/mol. The van der Waals surface area contributed by atoms with Gasteiger partial charge in [-0.05, 0) is 97.8 Å². The van der Waals surface area contributed by atoms with Crippen molar-refractivity contribution in [1.82, 2.24) is 0 Å². The Labute approximate surface area is 377 Å².